The molecule has 1 aliphatic heterocycles. The van der Waals surface area contributed by atoms with E-state index in [1.54, 1.807) is 11.5 Å². The third kappa shape index (κ3) is 5.39. The van der Waals surface area contributed by atoms with Gasteiger partial charge in [-0.15, -0.1) is 0 Å². The first kappa shape index (κ1) is 25.3. The summed E-state index contributed by atoms with van der Waals surface area (Å²) in [5.41, 5.74) is 3.16. The predicted octanol–water partition coefficient (Wildman–Crippen LogP) is 3.80. The molecular weight excluding hydrogens is 486 g/mol. The summed E-state index contributed by atoms with van der Waals surface area (Å²) in [6.45, 7) is 6.93. The number of rotatable bonds is 6. The number of ether oxygens (including phenoxy) is 1. The topological polar surface area (TPSA) is 98.0 Å². The molecule has 1 saturated heterocycles. The van der Waals surface area contributed by atoms with Gasteiger partial charge in [0.25, 0.3) is 5.91 Å². The lowest BCUT2D eigenvalue weighted by Gasteiger charge is -2.25. The molecule has 0 atom stereocenters. The lowest BCUT2D eigenvalue weighted by molar-refractivity contribution is -0.143. The first-order chi connectivity index (χ1) is 16.7. The SMILES string of the molecule is CCOC(=O)Cn1c(=NC(=O)c2ccc(S(=O)(=O)N3CCCCC3)cc2)sc2cc(C)cc(C)c21. The van der Waals surface area contributed by atoms with Crippen molar-refractivity contribution >= 4 is 43.5 Å². The molecule has 0 unspecified atom stereocenters. The highest BCUT2D eigenvalue weighted by atomic mass is 32.2. The number of amides is 1. The second-order valence-corrected chi connectivity index (χ2v) is 11.6. The van der Waals surface area contributed by atoms with E-state index < -0.39 is 21.9 Å². The van der Waals surface area contributed by atoms with E-state index >= 15 is 0 Å². The zero-order valence-corrected chi connectivity index (χ0v) is 21.7. The number of benzene rings is 2. The maximum absolute atomic E-state index is 13.0. The molecule has 0 spiro atoms. The van der Waals surface area contributed by atoms with E-state index in [1.165, 1.54) is 39.9 Å². The van der Waals surface area contributed by atoms with Gasteiger partial charge in [0, 0.05) is 18.7 Å². The van der Waals surface area contributed by atoms with Crippen LogP contribution in [0.25, 0.3) is 10.2 Å². The fourth-order valence-corrected chi connectivity index (χ4v) is 7.06. The summed E-state index contributed by atoms with van der Waals surface area (Å²) in [6.07, 6.45) is 2.75. The second kappa shape index (κ2) is 10.4. The first-order valence-corrected chi connectivity index (χ1v) is 13.9. The minimum Gasteiger partial charge on any atom is -0.465 e. The number of aromatic nitrogens is 1. The van der Waals surface area contributed by atoms with Crippen LogP contribution in [0.15, 0.2) is 46.3 Å². The van der Waals surface area contributed by atoms with Gasteiger partial charge in [0.15, 0.2) is 4.80 Å². The molecular formula is C25H29N3O5S2. The Kier molecular flexibility index (Phi) is 7.53. The molecule has 186 valence electrons. The van der Waals surface area contributed by atoms with Crippen molar-refractivity contribution in [1.29, 1.82) is 0 Å². The maximum atomic E-state index is 13.0. The molecule has 0 saturated carbocycles. The molecule has 10 heteroatoms. The number of carbonyl (C=O) groups is 2. The Morgan fingerprint density at radius 3 is 2.40 bits per heavy atom. The number of carbonyl (C=O) groups excluding carboxylic acids is 2. The summed E-state index contributed by atoms with van der Waals surface area (Å²) in [4.78, 5) is 30.2. The fourth-order valence-electron chi connectivity index (χ4n) is 4.33. The Morgan fingerprint density at radius 2 is 1.74 bits per heavy atom. The molecule has 1 amide bonds. The number of nitrogens with zero attached hydrogens (tertiary/aromatic N) is 3. The monoisotopic (exact) mass is 515 g/mol. The normalized spacial score (nSPS) is 15.5. The maximum Gasteiger partial charge on any atom is 0.326 e. The van der Waals surface area contributed by atoms with Crippen LogP contribution in [-0.2, 0) is 26.1 Å². The minimum absolute atomic E-state index is 0.0587. The second-order valence-electron chi connectivity index (χ2n) is 8.61. The largest absolute Gasteiger partial charge is 0.465 e. The Morgan fingerprint density at radius 1 is 1.06 bits per heavy atom. The summed E-state index contributed by atoms with van der Waals surface area (Å²) in [6, 6.07) is 9.90. The van der Waals surface area contributed by atoms with Crippen molar-refractivity contribution in [2.24, 2.45) is 4.99 Å². The Hall–Kier alpha value is -2.82. The number of thiazole rings is 1. The molecule has 35 heavy (non-hydrogen) atoms. The lowest BCUT2D eigenvalue weighted by Crippen LogP contribution is -2.35. The van der Waals surface area contributed by atoms with Crippen LogP contribution in [0.5, 0.6) is 0 Å². The molecule has 8 nitrogen and oxygen atoms in total. The van der Waals surface area contributed by atoms with Crippen molar-refractivity contribution in [1.82, 2.24) is 8.87 Å². The molecule has 0 radical (unpaired) electrons. The van der Waals surface area contributed by atoms with Crippen LogP contribution in [0.3, 0.4) is 0 Å². The van der Waals surface area contributed by atoms with Gasteiger partial charge in [0.05, 0.1) is 21.7 Å². The molecule has 2 heterocycles. The predicted molar refractivity (Wildman–Crippen MR) is 135 cm³/mol. The van der Waals surface area contributed by atoms with E-state index in [9.17, 15) is 18.0 Å². The van der Waals surface area contributed by atoms with Gasteiger partial charge < -0.3 is 9.30 Å². The highest BCUT2D eigenvalue weighted by Crippen LogP contribution is 2.24. The van der Waals surface area contributed by atoms with Gasteiger partial charge >= 0.3 is 5.97 Å². The van der Waals surface area contributed by atoms with Gasteiger partial charge in [-0.05, 0) is 75.1 Å². The van der Waals surface area contributed by atoms with E-state index in [1.807, 2.05) is 26.0 Å². The molecule has 0 bridgehead atoms. The van der Waals surface area contributed by atoms with Crippen LogP contribution in [-0.4, -0.2) is 48.9 Å². The summed E-state index contributed by atoms with van der Waals surface area (Å²) in [7, 11) is -3.58. The molecule has 2 aromatic carbocycles. The van der Waals surface area contributed by atoms with Gasteiger partial charge in [0.2, 0.25) is 10.0 Å². The molecule has 4 rings (SSSR count). The number of hydrogen-bond donors (Lipinski definition) is 0. The summed E-state index contributed by atoms with van der Waals surface area (Å²) in [5.74, 6) is -0.918. The summed E-state index contributed by atoms with van der Waals surface area (Å²) < 4.78 is 35.0. The average molecular weight is 516 g/mol. The van der Waals surface area contributed by atoms with Crippen LogP contribution in [0, 0.1) is 13.8 Å². The zero-order valence-electron chi connectivity index (χ0n) is 20.1. The third-order valence-electron chi connectivity index (χ3n) is 5.96. The molecule has 1 aromatic heterocycles. The van der Waals surface area contributed by atoms with Gasteiger partial charge in [-0.3, -0.25) is 9.59 Å². The number of piperidine rings is 1. The average Bonchev–Trinajstić information content (AvgIpc) is 3.16. The van der Waals surface area contributed by atoms with Crippen molar-refractivity contribution in [2.75, 3.05) is 19.7 Å². The summed E-state index contributed by atoms with van der Waals surface area (Å²) in [5, 5.41) is 0. The molecule has 3 aromatic rings. The van der Waals surface area contributed by atoms with Crippen molar-refractivity contribution in [3.05, 3.63) is 57.9 Å². The number of hydrogen-bond acceptors (Lipinski definition) is 6. The summed E-state index contributed by atoms with van der Waals surface area (Å²) >= 11 is 1.33. The number of sulfonamides is 1. The van der Waals surface area contributed by atoms with Crippen molar-refractivity contribution in [3.63, 3.8) is 0 Å². The standard InChI is InChI=1S/C25H29N3O5S2/c1-4-33-22(29)16-28-23-18(3)14-17(2)15-21(23)34-25(28)26-24(30)19-8-10-20(11-9-19)35(31,32)27-12-6-5-7-13-27/h8-11,14-15H,4-7,12-13,16H2,1-3H3. The number of fused-ring (bicyclic) bond motifs is 1. The molecule has 1 fully saturated rings. The Bertz CT molecular complexity index is 1430. The number of esters is 1. The minimum atomic E-state index is -3.58. The highest BCUT2D eigenvalue weighted by Gasteiger charge is 2.26. The van der Waals surface area contributed by atoms with E-state index in [0.29, 0.717) is 17.9 Å². The van der Waals surface area contributed by atoms with Gasteiger partial charge in [0.1, 0.15) is 6.54 Å². The Labute approximate surface area is 208 Å². The van der Waals surface area contributed by atoms with Crippen molar-refractivity contribution < 1.29 is 22.7 Å². The first-order valence-electron chi connectivity index (χ1n) is 11.7. The third-order valence-corrected chi connectivity index (χ3v) is 8.89. The quantitative estimate of drug-likeness (QED) is 0.465. The van der Waals surface area contributed by atoms with Gasteiger partial charge in [-0.1, -0.05) is 23.8 Å². The Balaban J connectivity index is 1.69. The lowest BCUT2D eigenvalue weighted by atomic mass is 10.1. The zero-order chi connectivity index (χ0) is 25.2. The smallest absolute Gasteiger partial charge is 0.326 e. The van der Waals surface area contributed by atoms with Crippen LogP contribution in [0.4, 0.5) is 0 Å². The van der Waals surface area contributed by atoms with Crippen LogP contribution in [0.1, 0.15) is 47.7 Å². The van der Waals surface area contributed by atoms with E-state index in [4.69, 9.17) is 4.74 Å². The molecule has 1 aliphatic rings. The van der Waals surface area contributed by atoms with Crippen molar-refractivity contribution in [2.45, 2.75) is 51.5 Å². The molecule has 0 N–H and O–H groups in total. The van der Waals surface area contributed by atoms with Gasteiger partial charge in [-0.25, -0.2) is 8.42 Å². The van der Waals surface area contributed by atoms with E-state index in [-0.39, 0.29) is 23.6 Å². The van der Waals surface area contributed by atoms with E-state index in [2.05, 4.69) is 4.99 Å². The highest BCUT2D eigenvalue weighted by molar-refractivity contribution is 7.89. The van der Waals surface area contributed by atoms with Crippen LogP contribution >= 0.6 is 11.3 Å². The van der Waals surface area contributed by atoms with Crippen molar-refractivity contribution in [3.8, 4) is 0 Å². The fraction of sp³-hybridized carbons (Fsp3) is 0.400. The van der Waals surface area contributed by atoms with Crippen LogP contribution in [0.2, 0.25) is 0 Å². The van der Waals surface area contributed by atoms with Crippen LogP contribution < -0.4 is 4.80 Å². The number of aryl methyl sites for hydroxylation is 2. The van der Waals surface area contributed by atoms with E-state index in [0.717, 1.165) is 40.6 Å². The van der Waals surface area contributed by atoms with Gasteiger partial charge in [-0.2, -0.15) is 9.30 Å². The molecule has 0 aliphatic carbocycles.